The maximum Gasteiger partial charge on any atom is 0.145 e. The van der Waals surface area contributed by atoms with Crippen molar-refractivity contribution in [1.29, 1.82) is 0 Å². The molecular formula is C15H22N2O2. The highest BCUT2D eigenvalue weighted by Crippen LogP contribution is 2.36. The van der Waals surface area contributed by atoms with Gasteiger partial charge in [-0.3, -0.25) is 0 Å². The molecule has 0 spiro atoms. The second-order valence-electron chi connectivity index (χ2n) is 5.57. The molecule has 19 heavy (non-hydrogen) atoms. The number of nitrogens with zero attached hydrogens (tertiary/aromatic N) is 1. The molecule has 2 saturated heterocycles. The smallest absolute Gasteiger partial charge is 0.145 e. The van der Waals surface area contributed by atoms with Crippen LogP contribution in [0.5, 0.6) is 11.5 Å². The van der Waals surface area contributed by atoms with Crippen LogP contribution in [0.15, 0.2) is 18.2 Å². The number of anilines is 1. The van der Waals surface area contributed by atoms with E-state index in [0.29, 0.717) is 0 Å². The summed E-state index contributed by atoms with van der Waals surface area (Å²) in [5.41, 5.74) is 1.19. The van der Waals surface area contributed by atoms with Gasteiger partial charge < -0.3 is 19.7 Å². The third kappa shape index (κ3) is 2.50. The number of fused-ring (bicyclic) bond motifs is 2. The first-order chi connectivity index (χ1) is 9.30. The quantitative estimate of drug-likeness (QED) is 0.900. The predicted molar refractivity (Wildman–Crippen MR) is 76.2 cm³/mol. The van der Waals surface area contributed by atoms with Crippen LogP contribution in [0.25, 0.3) is 0 Å². The second kappa shape index (κ2) is 5.29. The van der Waals surface area contributed by atoms with E-state index in [0.717, 1.165) is 49.5 Å². The minimum absolute atomic E-state index is 0.763. The van der Waals surface area contributed by atoms with Crippen LogP contribution >= 0.6 is 0 Å². The lowest BCUT2D eigenvalue weighted by atomic mass is 9.85. The minimum atomic E-state index is 0.763. The van der Waals surface area contributed by atoms with Crippen molar-refractivity contribution in [2.45, 2.75) is 6.42 Å². The van der Waals surface area contributed by atoms with Gasteiger partial charge in [-0.2, -0.15) is 0 Å². The third-order valence-electron chi connectivity index (χ3n) is 4.22. The van der Waals surface area contributed by atoms with Crippen molar-refractivity contribution in [1.82, 2.24) is 5.32 Å². The number of benzene rings is 1. The number of piperidine rings is 2. The zero-order chi connectivity index (χ0) is 13.2. The van der Waals surface area contributed by atoms with Gasteiger partial charge in [0.05, 0.1) is 19.9 Å². The second-order valence-corrected chi connectivity index (χ2v) is 5.57. The van der Waals surface area contributed by atoms with E-state index >= 15 is 0 Å². The van der Waals surface area contributed by atoms with Crippen molar-refractivity contribution in [3.8, 4) is 11.5 Å². The maximum atomic E-state index is 5.53. The number of ether oxygens (including phenoxy) is 2. The largest absolute Gasteiger partial charge is 0.497 e. The molecule has 2 fully saturated rings. The Labute approximate surface area is 114 Å². The summed E-state index contributed by atoms with van der Waals surface area (Å²) >= 11 is 0. The lowest BCUT2D eigenvalue weighted by molar-refractivity contribution is 0.248. The molecule has 104 valence electrons. The Kier molecular flexibility index (Phi) is 3.51. The monoisotopic (exact) mass is 262 g/mol. The first kappa shape index (κ1) is 12.6. The first-order valence-corrected chi connectivity index (χ1v) is 6.98. The van der Waals surface area contributed by atoms with Crippen molar-refractivity contribution in [2.75, 3.05) is 45.3 Å². The summed E-state index contributed by atoms with van der Waals surface area (Å²) in [6.45, 7) is 4.52. The van der Waals surface area contributed by atoms with Crippen LogP contribution in [0.3, 0.4) is 0 Å². The Morgan fingerprint density at radius 3 is 2.47 bits per heavy atom. The molecule has 3 rings (SSSR count). The van der Waals surface area contributed by atoms with Crippen molar-refractivity contribution >= 4 is 5.69 Å². The summed E-state index contributed by atoms with van der Waals surface area (Å²) in [6.07, 6.45) is 1.36. The lowest BCUT2D eigenvalue weighted by Gasteiger charge is -2.43. The van der Waals surface area contributed by atoms with E-state index in [-0.39, 0.29) is 0 Å². The fourth-order valence-electron chi connectivity index (χ4n) is 3.35. The Balaban J connectivity index is 1.85. The minimum Gasteiger partial charge on any atom is -0.497 e. The van der Waals surface area contributed by atoms with Crippen LogP contribution in [0.1, 0.15) is 6.42 Å². The van der Waals surface area contributed by atoms with Gasteiger partial charge in [0.2, 0.25) is 0 Å². The molecule has 4 heteroatoms. The van der Waals surface area contributed by atoms with Crippen molar-refractivity contribution in [2.24, 2.45) is 11.8 Å². The Morgan fingerprint density at radius 1 is 1.11 bits per heavy atom. The molecule has 2 bridgehead atoms. The summed E-state index contributed by atoms with van der Waals surface area (Å²) in [7, 11) is 3.41. The van der Waals surface area contributed by atoms with Gasteiger partial charge in [0, 0.05) is 19.2 Å². The molecule has 1 aromatic carbocycles. The average Bonchev–Trinajstić information content (AvgIpc) is 2.46. The standard InChI is InChI=1S/C15H22N2O2/c1-18-13-3-4-14(15(6-13)19-2)17-9-11-5-12(10-17)8-16-7-11/h3-4,6,11-12,16H,5,7-10H2,1-2H3. The maximum absolute atomic E-state index is 5.53. The van der Waals surface area contributed by atoms with Crippen LogP contribution in [0.4, 0.5) is 5.69 Å². The highest BCUT2D eigenvalue weighted by Gasteiger charge is 2.31. The van der Waals surface area contributed by atoms with Gasteiger partial charge >= 0.3 is 0 Å². The lowest BCUT2D eigenvalue weighted by Crippen LogP contribution is -2.51. The zero-order valence-electron chi connectivity index (χ0n) is 11.7. The van der Waals surface area contributed by atoms with Crippen LogP contribution in [0.2, 0.25) is 0 Å². The van der Waals surface area contributed by atoms with E-state index in [1.165, 1.54) is 12.1 Å². The molecular weight excluding hydrogens is 240 g/mol. The molecule has 0 amide bonds. The van der Waals surface area contributed by atoms with E-state index in [1.807, 2.05) is 12.1 Å². The molecule has 2 unspecified atom stereocenters. The number of hydrogen-bond donors (Lipinski definition) is 1. The fraction of sp³-hybridized carbons (Fsp3) is 0.600. The number of rotatable bonds is 3. The first-order valence-electron chi connectivity index (χ1n) is 6.98. The van der Waals surface area contributed by atoms with E-state index in [4.69, 9.17) is 9.47 Å². The SMILES string of the molecule is COc1ccc(N2CC3CNCC(C3)C2)c(OC)c1. The van der Waals surface area contributed by atoms with Crippen molar-refractivity contribution < 1.29 is 9.47 Å². The van der Waals surface area contributed by atoms with Crippen molar-refractivity contribution in [3.05, 3.63) is 18.2 Å². The number of hydrogen-bond acceptors (Lipinski definition) is 4. The average molecular weight is 262 g/mol. The normalized spacial score (nSPS) is 26.1. The van der Waals surface area contributed by atoms with E-state index in [2.05, 4.69) is 16.3 Å². The molecule has 0 saturated carbocycles. The summed E-state index contributed by atoms with van der Waals surface area (Å²) in [6, 6.07) is 6.10. The molecule has 2 atom stereocenters. The van der Waals surface area contributed by atoms with Crippen LogP contribution < -0.4 is 19.7 Å². The van der Waals surface area contributed by atoms with Gasteiger partial charge in [-0.05, 0) is 43.5 Å². The van der Waals surface area contributed by atoms with Crippen LogP contribution in [-0.2, 0) is 0 Å². The number of methoxy groups -OCH3 is 2. The fourth-order valence-corrected chi connectivity index (χ4v) is 3.35. The zero-order valence-corrected chi connectivity index (χ0v) is 11.7. The van der Waals surface area contributed by atoms with E-state index in [1.54, 1.807) is 14.2 Å². The summed E-state index contributed by atoms with van der Waals surface area (Å²) in [5.74, 6) is 3.28. The van der Waals surface area contributed by atoms with Crippen LogP contribution in [0, 0.1) is 11.8 Å². The topological polar surface area (TPSA) is 33.7 Å². The third-order valence-corrected chi connectivity index (χ3v) is 4.22. The molecule has 4 nitrogen and oxygen atoms in total. The molecule has 2 heterocycles. The summed E-state index contributed by atoms with van der Waals surface area (Å²) < 4.78 is 10.8. The Bertz CT molecular complexity index is 438. The van der Waals surface area contributed by atoms with Crippen LogP contribution in [-0.4, -0.2) is 40.4 Å². The molecule has 0 aromatic heterocycles. The molecule has 1 aromatic rings. The van der Waals surface area contributed by atoms with Gasteiger partial charge in [-0.25, -0.2) is 0 Å². The highest BCUT2D eigenvalue weighted by molar-refractivity contribution is 5.61. The molecule has 2 aliphatic heterocycles. The van der Waals surface area contributed by atoms with E-state index in [9.17, 15) is 0 Å². The van der Waals surface area contributed by atoms with Gasteiger partial charge in [-0.1, -0.05) is 0 Å². The van der Waals surface area contributed by atoms with Crippen molar-refractivity contribution in [3.63, 3.8) is 0 Å². The van der Waals surface area contributed by atoms with Gasteiger partial charge in [-0.15, -0.1) is 0 Å². The highest BCUT2D eigenvalue weighted by atomic mass is 16.5. The van der Waals surface area contributed by atoms with E-state index < -0.39 is 0 Å². The van der Waals surface area contributed by atoms with Gasteiger partial charge in [0.25, 0.3) is 0 Å². The van der Waals surface area contributed by atoms with Gasteiger partial charge in [0.15, 0.2) is 0 Å². The number of nitrogens with one attached hydrogen (secondary N) is 1. The summed E-state index contributed by atoms with van der Waals surface area (Å²) in [5, 5.41) is 3.53. The molecule has 2 aliphatic rings. The molecule has 1 N–H and O–H groups in total. The molecule has 0 aliphatic carbocycles. The molecule has 0 radical (unpaired) electrons. The van der Waals surface area contributed by atoms with Gasteiger partial charge in [0.1, 0.15) is 11.5 Å². The Hall–Kier alpha value is -1.42. The summed E-state index contributed by atoms with van der Waals surface area (Å²) in [4.78, 5) is 2.47. The predicted octanol–water partition coefficient (Wildman–Crippen LogP) is 1.75. The Morgan fingerprint density at radius 2 is 1.84 bits per heavy atom.